The van der Waals surface area contributed by atoms with Gasteiger partial charge in [0.2, 0.25) is 11.8 Å². The van der Waals surface area contributed by atoms with Crippen LogP contribution in [0.3, 0.4) is 0 Å². The Kier molecular flexibility index (Phi) is 6.02. The van der Waals surface area contributed by atoms with Crippen molar-refractivity contribution < 1.29 is 9.59 Å². The quantitative estimate of drug-likeness (QED) is 0.841. The van der Waals surface area contributed by atoms with Crippen LogP contribution in [0.2, 0.25) is 0 Å². The van der Waals surface area contributed by atoms with E-state index < -0.39 is 6.04 Å². The number of amides is 2. The molecule has 5 heteroatoms. The number of rotatable bonds is 6. The number of benzene rings is 1. The Balaban J connectivity index is 1.82. The van der Waals surface area contributed by atoms with Crippen LogP contribution in [0.1, 0.15) is 27.2 Å². The maximum atomic E-state index is 12.3. The molecule has 0 saturated carbocycles. The molecule has 0 bridgehead atoms. The standard InChI is InChI=1S/C18H27N3O2/c1-13(2)17(20-14(3)22)18(23)19-11-15-9-10-21(12-15)16-7-5-4-6-8-16/h4-8,13,15,17H,9-12H2,1-3H3,(H,19,23)(H,20,22)/t15-,17+/m1/s1. The van der Waals surface area contributed by atoms with E-state index in [1.165, 1.54) is 12.6 Å². The molecule has 0 radical (unpaired) electrons. The summed E-state index contributed by atoms with van der Waals surface area (Å²) >= 11 is 0. The Morgan fingerprint density at radius 3 is 2.57 bits per heavy atom. The van der Waals surface area contributed by atoms with Gasteiger partial charge < -0.3 is 15.5 Å². The molecule has 2 atom stereocenters. The molecule has 0 unspecified atom stereocenters. The minimum atomic E-state index is -0.459. The monoisotopic (exact) mass is 317 g/mol. The van der Waals surface area contributed by atoms with Gasteiger partial charge in [-0.15, -0.1) is 0 Å². The van der Waals surface area contributed by atoms with Crippen molar-refractivity contribution >= 4 is 17.5 Å². The smallest absolute Gasteiger partial charge is 0.242 e. The van der Waals surface area contributed by atoms with Crippen LogP contribution in [-0.2, 0) is 9.59 Å². The van der Waals surface area contributed by atoms with Crippen LogP contribution in [0.25, 0.3) is 0 Å². The molecular weight excluding hydrogens is 290 g/mol. The summed E-state index contributed by atoms with van der Waals surface area (Å²) in [7, 11) is 0. The molecule has 2 N–H and O–H groups in total. The lowest BCUT2D eigenvalue weighted by Gasteiger charge is -2.22. The molecule has 0 aromatic heterocycles. The van der Waals surface area contributed by atoms with E-state index in [4.69, 9.17) is 0 Å². The molecular formula is C18H27N3O2. The fourth-order valence-electron chi connectivity index (χ4n) is 2.98. The molecule has 1 aromatic carbocycles. The van der Waals surface area contributed by atoms with Gasteiger partial charge in [0.15, 0.2) is 0 Å². The highest BCUT2D eigenvalue weighted by atomic mass is 16.2. The number of carbonyl (C=O) groups is 2. The Bertz CT molecular complexity index is 530. The average molecular weight is 317 g/mol. The van der Waals surface area contributed by atoms with Crippen molar-refractivity contribution in [3.63, 3.8) is 0 Å². The first-order valence-corrected chi connectivity index (χ1v) is 8.32. The molecule has 1 fully saturated rings. The number of hydrogen-bond donors (Lipinski definition) is 2. The summed E-state index contributed by atoms with van der Waals surface area (Å²) in [5, 5.41) is 5.73. The van der Waals surface area contributed by atoms with Crippen molar-refractivity contribution in [1.29, 1.82) is 0 Å². The van der Waals surface area contributed by atoms with Gasteiger partial charge in [-0.25, -0.2) is 0 Å². The number of para-hydroxylation sites is 1. The molecule has 0 spiro atoms. The number of hydrogen-bond acceptors (Lipinski definition) is 3. The first-order chi connectivity index (χ1) is 11.0. The first kappa shape index (κ1) is 17.3. The summed E-state index contributed by atoms with van der Waals surface area (Å²) in [6.45, 7) is 7.95. The maximum Gasteiger partial charge on any atom is 0.242 e. The van der Waals surface area contributed by atoms with E-state index in [9.17, 15) is 9.59 Å². The van der Waals surface area contributed by atoms with E-state index >= 15 is 0 Å². The van der Waals surface area contributed by atoms with Crippen LogP contribution >= 0.6 is 0 Å². The highest BCUT2D eigenvalue weighted by molar-refractivity contribution is 5.87. The van der Waals surface area contributed by atoms with Gasteiger partial charge in [0, 0.05) is 32.2 Å². The molecule has 126 valence electrons. The van der Waals surface area contributed by atoms with Gasteiger partial charge in [-0.2, -0.15) is 0 Å². The van der Waals surface area contributed by atoms with E-state index in [-0.39, 0.29) is 17.7 Å². The lowest BCUT2D eigenvalue weighted by molar-refractivity contribution is -0.129. The third-order valence-corrected chi connectivity index (χ3v) is 4.28. The highest BCUT2D eigenvalue weighted by Crippen LogP contribution is 2.22. The maximum absolute atomic E-state index is 12.3. The van der Waals surface area contributed by atoms with Crippen LogP contribution in [0.4, 0.5) is 5.69 Å². The van der Waals surface area contributed by atoms with E-state index in [0.29, 0.717) is 12.5 Å². The summed E-state index contributed by atoms with van der Waals surface area (Å²) < 4.78 is 0. The Labute approximate surface area is 138 Å². The molecule has 2 amide bonds. The normalized spacial score (nSPS) is 18.8. The van der Waals surface area contributed by atoms with Crippen LogP contribution in [-0.4, -0.2) is 37.5 Å². The third-order valence-electron chi connectivity index (χ3n) is 4.28. The van der Waals surface area contributed by atoms with E-state index in [1.807, 2.05) is 32.0 Å². The second kappa shape index (κ2) is 7.99. The van der Waals surface area contributed by atoms with Gasteiger partial charge in [-0.3, -0.25) is 9.59 Å². The summed E-state index contributed by atoms with van der Waals surface area (Å²) in [4.78, 5) is 25.9. The topological polar surface area (TPSA) is 61.4 Å². The van der Waals surface area contributed by atoms with Crippen LogP contribution in [0, 0.1) is 11.8 Å². The van der Waals surface area contributed by atoms with Gasteiger partial charge in [-0.1, -0.05) is 32.0 Å². The molecule has 5 nitrogen and oxygen atoms in total. The number of carbonyl (C=O) groups excluding carboxylic acids is 2. The predicted molar refractivity (Wildman–Crippen MR) is 92.2 cm³/mol. The minimum Gasteiger partial charge on any atom is -0.371 e. The van der Waals surface area contributed by atoms with E-state index in [0.717, 1.165) is 19.5 Å². The van der Waals surface area contributed by atoms with Crippen molar-refractivity contribution in [2.24, 2.45) is 11.8 Å². The van der Waals surface area contributed by atoms with Crippen molar-refractivity contribution in [2.45, 2.75) is 33.2 Å². The SMILES string of the molecule is CC(=O)N[C@H](C(=O)NC[C@H]1CCN(c2ccccc2)C1)C(C)C. The molecule has 1 heterocycles. The zero-order chi connectivity index (χ0) is 16.8. The van der Waals surface area contributed by atoms with Gasteiger partial charge in [0.05, 0.1) is 0 Å². The van der Waals surface area contributed by atoms with E-state index in [2.05, 4.69) is 27.7 Å². The fourth-order valence-corrected chi connectivity index (χ4v) is 2.98. The van der Waals surface area contributed by atoms with Crippen LogP contribution in [0.5, 0.6) is 0 Å². The highest BCUT2D eigenvalue weighted by Gasteiger charge is 2.26. The molecule has 1 aliphatic heterocycles. The van der Waals surface area contributed by atoms with E-state index in [1.54, 1.807) is 0 Å². The van der Waals surface area contributed by atoms with Gasteiger partial charge in [0.1, 0.15) is 6.04 Å². The molecule has 1 saturated heterocycles. The third kappa shape index (κ3) is 4.98. The van der Waals surface area contributed by atoms with Gasteiger partial charge in [-0.05, 0) is 30.4 Å². The van der Waals surface area contributed by atoms with Crippen LogP contribution in [0.15, 0.2) is 30.3 Å². The molecule has 23 heavy (non-hydrogen) atoms. The Morgan fingerprint density at radius 1 is 1.26 bits per heavy atom. The van der Waals surface area contributed by atoms with Crippen molar-refractivity contribution in [2.75, 3.05) is 24.5 Å². The molecule has 1 aromatic rings. The van der Waals surface area contributed by atoms with Crippen molar-refractivity contribution in [3.8, 4) is 0 Å². The second-order valence-corrected chi connectivity index (χ2v) is 6.60. The molecule has 0 aliphatic carbocycles. The number of nitrogens with zero attached hydrogens (tertiary/aromatic N) is 1. The Hall–Kier alpha value is -2.04. The summed E-state index contributed by atoms with van der Waals surface area (Å²) in [6, 6.07) is 9.89. The minimum absolute atomic E-state index is 0.0725. The molecule has 2 rings (SSSR count). The number of anilines is 1. The Morgan fingerprint density at radius 2 is 1.96 bits per heavy atom. The predicted octanol–water partition coefficient (Wildman–Crippen LogP) is 1.79. The van der Waals surface area contributed by atoms with Crippen molar-refractivity contribution in [1.82, 2.24) is 10.6 Å². The average Bonchev–Trinajstić information content (AvgIpc) is 2.99. The second-order valence-electron chi connectivity index (χ2n) is 6.60. The first-order valence-electron chi connectivity index (χ1n) is 8.32. The van der Waals surface area contributed by atoms with Crippen molar-refractivity contribution in [3.05, 3.63) is 30.3 Å². The van der Waals surface area contributed by atoms with Gasteiger partial charge in [0.25, 0.3) is 0 Å². The zero-order valence-electron chi connectivity index (χ0n) is 14.2. The largest absolute Gasteiger partial charge is 0.371 e. The summed E-state index contributed by atoms with van der Waals surface area (Å²) in [5.41, 5.74) is 1.24. The summed E-state index contributed by atoms with van der Waals surface area (Å²) in [6.07, 6.45) is 1.07. The zero-order valence-corrected chi connectivity index (χ0v) is 14.2. The number of nitrogens with one attached hydrogen (secondary N) is 2. The van der Waals surface area contributed by atoms with Crippen LogP contribution < -0.4 is 15.5 Å². The van der Waals surface area contributed by atoms with Gasteiger partial charge >= 0.3 is 0 Å². The fraction of sp³-hybridized carbons (Fsp3) is 0.556. The lowest BCUT2D eigenvalue weighted by atomic mass is 10.0. The summed E-state index contributed by atoms with van der Waals surface area (Å²) in [5.74, 6) is 0.260. The molecule has 1 aliphatic rings. The lowest BCUT2D eigenvalue weighted by Crippen LogP contribution is -2.50.